The van der Waals surface area contributed by atoms with Gasteiger partial charge in [0.2, 0.25) is 0 Å². The van der Waals surface area contributed by atoms with Crippen LogP contribution in [0.15, 0.2) is 22.6 Å². The molecule has 0 saturated carbocycles. The summed E-state index contributed by atoms with van der Waals surface area (Å²) >= 11 is 0. The highest BCUT2D eigenvalue weighted by Gasteiger charge is 2.03. The van der Waals surface area contributed by atoms with Crippen LogP contribution in [0.2, 0.25) is 0 Å². The molecule has 2 aromatic heterocycles. The Hall–Kier alpha value is -1.49. The smallest absolute Gasteiger partial charge is 0.145 e. The van der Waals surface area contributed by atoms with Crippen molar-refractivity contribution in [1.82, 2.24) is 0 Å². The average molecular weight is 117 g/mol. The lowest BCUT2D eigenvalue weighted by atomic mass is 10.2. The fourth-order valence-corrected chi connectivity index (χ4v) is 0.876. The third-order valence-corrected chi connectivity index (χ3v) is 1.30. The quantitative estimate of drug-likeness (QED) is 0.527. The van der Waals surface area contributed by atoms with Crippen molar-refractivity contribution in [3.63, 3.8) is 0 Å². The van der Waals surface area contributed by atoms with Crippen molar-refractivity contribution in [2.24, 2.45) is 0 Å². The highest BCUT2D eigenvalue weighted by atomic mass is 16.3. The van der Waals surface area contributed by atoms with E-state index < -0.39 is 0 Å². The van der Waals surface area contributed by atoms with Crippen LogP contribution in [0.25, 0.3) is 11.2 Å². The summed E-state index contributed by atoms with van der Waals surface area (Å²) in [6, 6.07) is 7.40. The molecule has 2 heterocycles. The Morgan fingerprint density at radius 3 is 2.67 bits per heavy atom. The molecule has 0 saturated heterocycles. The van der Waals surface area contributed by atoms with Gasteiger partial charge in [-0.15, -0.1) is 0 Å². The Labute approximate surface area is 51.6 Å². The molecule has 0 amide bonds. The molecule has 2 bridgehead atoms. The minimum Gasteiger partial charge on any atom is -0.456 e. The van der Waals surface area contributed by atoms with E-state index in [1.807, 2.05) is 12.1 Å². The average Bonchev–Trinajstić information content (AvgIpc) is 2.45. The van der Waals surface area contributed by atoms with Gasteiger partial charge >= 0.3 is 0 Å². The fraction of sp³-hybridized carbons (Fsp3) is 0. The summed E-state index contributed by atoms with van der Waals surface area (Å²) in [5, 5.41) is 8.42. The number of benzene rings is 1. The predicted molar refractivity (Wildman–Crippen MR) is 32.1 cm³/mol. The van der Waals surface area contributed by atoms with E-state index in [1.54, 1.807) is 12.1 Å². The van der Waals surface area contributed by atoms with Crippen molar-refractivity contribution in [3.8, 4) is 6.07 Å². The molecule has 0 radical (unpaired) electrons. The highest BCUT2D eigenvalue weighted by molar-refractivity contribution is 5.69. The number of furan rings is 2. The van der Waals surface area contributed by atoms with E-state index in [0.717, 1.165) is 5.58 Å². The molecule has 2 aromatic rings. The molecule has 9 heavy (non-hydrogen) atoms. The Morgan fingerprint density at radius 1 is 1.44 bits per heavy atom. The molecule has 0 aliphatic carbocycles. The molecule has 2 heteroatoms. The monoisotopic (exact) mass is 117 g/mol. The van der Waals surface area contributed by atoms with Gasteiger partial charge < -0.3 is 4.42 Å². The molecule has 0 aliphatic heterocycles. The van der Waals surface area contributed by atoms with E-state index in [2.05, 4.69) is 0 Å². The largest absolute Gasteiger partial charge is 0.456 e. The van der Waals surface area contributed by atoms with Gasteiger partial charge in [0.1, 0.15) is 17.2 Å². The molecular weight excluding hydrogens is 114 g/mol. The maximum Gasteiger partial charge on any atom is 0.145 e. The van der Waals surface area contributed by atoms with Crippen LogP contribution in [0.1, 0.15) is 5.56 Å². The van der Waals surface area contributed by atoms with Gasteiger partial charge in [-0.1, -0.05) is 0 Å². The topological polar surface area (TPSA) is 36.9 Å². The molecule has 0 fully saturated rings. The highest BCUT2D eigenvalue weighted by Crippen LogP contribution is 2.20. The van der Waals surface area contributed by atoms with E-state index in [9.17, 15) is 0 Å². The van der Waals surface area contributed by atoms with E-state index in [0.29, 0.717) is 11.1 Å². The predicted octanol–water partition coefficient (Wildman–Crippen LogP) is 1.74. The van der Waals surface area contributed by atoms with E-state index >= 15 is 0 Å². The summed E-state index contributed by atoms with van der Waals surface area (Å²) < 4.78 is 5.08. The molecule has 0 aromatic carbocycles. The first-order chi connectivity index (χ1) is 4.40. The first-order valence-electron chi connectivity index (χ1n) is 2.62. The van der Waals surface area contributed by atoms with Gasteiger partial charge in [-0.25, -0.2) is 0 Å². The number of hydrogen-bond donors (Lipinski definition) is 0. The van der Waals surface area contributed by atoms with Crippen molar-refractivity contribution in [2.45, 2.75) is 0 Å². The number of hydrogen-bond acceptors (Lipinski definition) is 2. The lowest BCUT2D eigenvalue weighted by Crippen LogP contribution is -1.63. The van der Waals surface area contributed by atoms with Crippen molar-refractivity contribution < 1.29 is 4.42 Å². The fourth-order valence-electron chi connectivity index (χ4n) is 0.876. The van der Waals surface area contributed by atoms with Gasteiger partial charge in [-0.05, 0) is 12.1 Å². The number of nitriles is 1. The van der Waals surface area contributed by atoms with Crippen molar-refractivity contribution in [1.29, 1.82) is 5.26 Å². The molecule has 0 atom stereocenters. The summed E-state index contributed by atoms with van der Waals surface area (Å²) in [5.41, 5.74) is 2.10. The Kier molecular flexibility index (Phi) is 0.617. The Balaban J connectivity index is 2.90. The van der Waals surface area contributed by atoms with Crippen molar-refractivity contribution in [3.05, 3.63) is 23.8 Å². The van der Waals surface area contributed by atoms with Gasteiger partial charge in [-0.2, -0.15) is 5.26 Å². The van der Waals surface area contributed by atoms with E-state index in [1.165, 1.54) is 0 Å². The van der Waals surface area contributed by atoms with Gasteiger partial charge in [0.25, 0.3) is 0 Å². The zero-order valence-electron chi connectivity index (χ0n) is 4.59. The third-order valence-electron chi connectivity index (χ3n) is 1.30. The SMILES string of the molecule is N#Cc1cc2ccc1o2. The molecule has 0 aliphatic rings. The number of nitrogens with zero attached hydrogens (tertiary/aromatic N) is 1. The second-order valence-corrected chi connectivity index (χ2v) is 1.87. The summed E-state index contributed by atoms with van der Waals surface area (Å²) in [6.45, 7) is 0. The summed E-state index contributed by atoms with van der Waals surface area (Å²) in [7, 11) is 0. The second kappa shape index (κ2) is 1.26. The normalized spacial score (nSPS) is 10.1. The Morgan fingerprint density at radius 2 is 2.33 bits per heavy atom. The minimum absolute atomic E-state index is 0.632. The zero-order chi connectivity index (χ0) is 6.27. The number of rotatable bonds is 0. The molecule has 0 N–H and O–H groups in total. The molecule has 42 valence electrons. The Bertz CT molecular complexity index is 355. The first kappa shape index (κ1) is 4.39. The van der Waals surface area contributed by atoms with Crippen molar-refractivity contribution in [2.75, 3.05) is 0 Å². The van der Waals surface area contributed by atoms with E-state index in [4.69, 9.17) is 9.68 Å². The molecule has 2 rings (SSSR count). The molecular formula is C7H3NO. The molecule has 2 nitrogen and oxygen atoms in total. The van der Waals surface area contributed by atoms with Crippen LogP contribution in [-0.2, 0) is 0 Å². The van der Waals surface area contributed by atoms with Gasteiger partial charge in [0.05, 0.1) is 5.56 Å². The maximum atomic E-state index is 8.42. The van der Waals surface area contributed by atoms with Crippen LogP contribution < -0.4 is 0 Å². The van der Waals surface area contributed by atoms with Crippen LogP contribution >= 0.6 is 0 Å². The van der Waals surface area contributed by atoms with E-state index in [-0.39, 0.29) is 0 Å². The van der Waals surface area contributed by atoms with Crippen LogP contribution in [0, 0.1) is 11.3 Å². The van der Waals surface area contributed by atoms with Crippen LogP contribution in [0.3, 0.4) is 0 Å². The van der Waals surface area contributed by atoms with Crippen LogP contribution in [-0.4, -0.2) is 0 Å². The van der Waals surface area contributed by atoms with Crippen molar-refractivity contribution >= 4 is 11.2 Å². The standard InChI is InChI=1S/C7H3NO/c8-4-5-3-6-1-2-7(5)9-6/h1-3H. The lowest BCUT2D eigenvalue weighted by molar-refractivity contribution is 0.674. The third kappa shape index (κ3) is 0.432. The van der Waals surface area contributed by atoms with Gasteiger partial charge in [-0.3, -0.25) is 0 Å². The van der Waals surface area contributed by atoms with Crippen LogP contribution in [0.4, 0.5) is 0 Å². The second-order valence-electron chi connectivity index (χ2n) is 1.87. The van der Waals surface area contributed by atoms with Crippen LogP contribution in [0.5, 0.6) is 0 Å². The molecule has 0 spiro atoms. The van der Waals surface area contributed by atoms with Gasteiger partial charge in [0.15, 0.2) is 0 Å². The first-order valence-corrected chi connectivity index (χ1v) is 2.62. The minimum atomic E-state index is 0.632. The lowest BCUT2D eigenvalue weighted by Gasteiger charge is -1.73. The van der Waals surface area contributed by atoms with Gasteiger partial charge in [0, 0.05) is 6.07 Å². The zero-order valence-corrected chi connectivity index (χ0v) is 4.59. The summed E-state index contributed by atoms with van der Waals surface area (Å²) in [6.07, 6.45) is 0. The molecule has 0 unspecified atom stereocenters. The number of fused-ring (bicyclic) bond motifs is 2. The summed E-state index contributed by atoms with van der Waals surface area (Å²) in [5.74, 6) is 0. The maximum absolute atomic E-state index is 8.42. The summed E-state index contributed by atoms with van der Waals surface area (Å²) in [4.78, 5) is 0.